The number of hydrogen-bond acceptors (Lipinski definition) is 1. The fraction of sp³-hybridized carbons (Fsp3) is 0.286. The van der Waals surface area contributed by atoms with Crippen LogP contribution in [0.25, 0.3) is 10.9 Å². The highest BCUT2D eigenvalue weighted by Crippen LogP contribution is 2.31. The van der Waals surface area contributed by atoms with Gasteiger partial charge in [-0.25, -0.2) is 0 Å². The van der Waals surface area contributed by atoms with Gasteiger partial charge in [0, 0.05) is 23.1 Å². The van der Waals surface area contributed by atoms with E-state index in [0.29, 0.717) is 19.0 Å². The lowest BCUT2D eigenvalue weighted by atomic mass is 10.00. The number of para-hydroxylation sites is 1. The predicted molar refractivity (Wildman–Crippen MR) is 99.1 cm³/mol. The molecular formula is C21H24N2O. The third-order valence-electron chi connectivity index (χ3n) is 4.49. The second kappa shape index (κ2) is 6.91. The van der Waals surface area contributed by atoms with E-state index < -0.39 is 0 Å². The first-order valence-corrected chi connectivity index (χ1v) is 8.46. The van der Waals surface area contributed by atoms with Gasteiger partial charge in [0.1, 0.15) is 6.54 Å². The lowest BCUT2D eigenvalue weighted by molar-refractivity contribution is -0.121. The maximum Gasteiger partial charge on any atom is 0.240 e. The Morgan fingerprint density at radius 3 is 2.42 bits per heavy atom. The molecule has 1 aromatic heterocycles. The summed E-state index contributed by atoms with van der Waals surface area (Å²) in [7, 11) is 0. The van der Waals surface area contributed by atoms with Crippen LogP contribution in [0.3, 0.4) is 0 Å². The number of benzene rings is 2. The van der Waals surface area contributed by atoms with Gasteiger partial charge in [-0.3, -0.25) is 4.79 Å². The van der Waals surface area contributed by atoms with Crippen molar-refractivity contribution >= 4 is 16.8 Å². The number of carbonyl (C=O) groups is 1. The number of rotatable bonds is 5. The molecule has 0 aliphatic carbocycles. The number of amides is 1. The molecule has 0 radical (unpaired) electrons. The smallest absolute Gasteiger partial charge is 0.240 e. The molecule has 0 bridgehead atoms. The van der Waals surface area contributed by atoms with Crippen LogP contribution in [-0.4, -0.2) is 10.5 Å². The van der Waals surface area contributed by atoms with Gasteiger partial charge >= 0.3 is 0 Å². The Balaban J connectivity index is 1.82. The van der Waals surface area contributed by atoms with Crippen molar-refractivity contribution in [1.82, 2.24) is 9.88 Å². The Hall–Kier alpha value is -2.55. The summed E-state index contributed by atoms with van der Waals surface area (Å²) in [6.45, 7) is 7.43. The van der Waals surface area contributed by atoms with E-state index in [9.17, 15) is 4.79 Å². The zero-order valence-corrected chi connectivity index (χ0v) is 14.5. The summed E-state index contributed by atoms with van der Waals surface area (Å²) in [6.07, 6.45) is 0. The summed E-state index contributed by atoms with van der Waals surface area (Å²) in [5.41, 5.74) is 4.76. The minimum absolute atomic E-state index is 0.0398. The molecule has 0 atom stereocenters. The average molecular weight is 320 g/mol. The third-order valence-corrected chi connectivity index (χ3v) is 4.49. The maximum absolute atomic E-state index is 12.4. The number of nitrogens with one attached hydrogen (secondary N) is 1. The Bertz CT molecular complexity index is 847. The molecule has 0 saturated heterocycles. The van der Waals surface area contributed by atoms with E-state index in [0.717, 1.165) is 11.1 Å². The normalized spacial score (nSPS) is 11.2. The molecule has 0 aliphatic heterocycles. The summed E-state index contributed by atoms with van der Waals surface area (Å²) in [5, 5.41) is 4.27. The third kappa shape index (κ3) is 3.21. The standard InChI is InChI=1S/C21H24N2O/c1-15(2)21-16(3)23(19-12-8-7-11-18(19)21)14-20(24)22-13-17-9-5-4-6-10-17/h4-12,15H,13-14H2,1-3H3,(H,22,24). The van der Waals surface area contributed by atoms with E-state index in [4.69, 9.17) is 0 Å². The van der Waals surface area contributed by atoms with Crippen LogP contribution in [0, 0.1) is 6.92 Å². The largest absolute Gasteiger partial charge is 0.350 e. The summed E-state index contributed by atoms with van der Waals surface area (Å²) < 4.78 is 2.13. The number of nitrogens with zero attached hydrogens (tertiary/aromatic N) is 1. The Kier molecular flexibility index (Phi) is 4.70. The van der Waals surface area contributed by atoms with Crippen molar-refractivity contribution in [3.63, 3.8) is 0 Å². The van der Waals surface area contributed by atoms with Crippen molar-refractivity contribution in [2.45, 2.75) is 39.8 Å². The van der Waals surface area contributed by atoms with Crippen LogP contribution < -0.4 is 5.32 Å². The number of hydrogen-bond donors (Lipinski definition) is 1. The lowest BCUT2D eigenvalue weighted by Crippen LogP contribution is -2.27. The van der Waals surface area contributed by atoms with Crippen molar-refractivity contribution in [1.29, 1.82) is 0 Å². The molecule has 0 unspecified atom stereocenters. The fourth-order valence-electron chi connectivity index (χ4n) is 3.39. The Morgan fingerprint density at radius 1 is 1.04 bits per heavy atom. The SMILES string of the molecule is Cc1c(C(C)C)c2ccccc2n1CC(=O)NCc1ccccc1. The Labute approximate surface area is 143 Å². The van der Waals surface area contributed by atoms with Gasteiger partial charge in [0.25, 0.3) is 0 Å². The molecular weight excluding hydrogens is 296 g/mol. The maximum atomic E-state index is 12.4. The molecule has 0 fully saturated rings. The van der Waals surface area contributed by atoms with Gasteiger partial charge in [0.05, 0.1) is 0 Å². The molecule has 124 valence electrons. The predicted octanol–water partition coefficient (Wildman–Crippen LogP) is 4.39. The Morgan fingerprint density at radius 2 is 1.71 bits per heavy atom. The highest BCUT2D eigenvalue weighted by Gasteiger charge is 2.17. The number of fused-ring (bicyclic) bond motifs is 1. The highest BCUT2D eigenvalue weighted by molar-refractivity contribution is 5.88. The molecule has 3 nitrogen and oxygen atoms in total. The van der Waals surface area contributed by atoms with E-state index in [-0.39, 0.29) is 5.91 Å². The van der Waals surface area contributed by atoms with Gasteiger partial charge in [-0.15, -0.1) is 0 Å². The lowest BCUT2D eigenvalue weighted by Gasteiger charge is -2.11. The minimum Gasteiger partial charge on any atom is -0.350 e. The van der Waals surface area contributed by atoms with Crippen LogP contribution in [0.4, 0.5) is 0 Å². The van der Waals surface area contributed by atoms with E-state index in [1.807, 2.05) is 36.4 Å². The highest BCUT2D eigenvalue weighted by atomic mass is 16.1. The van der Waals surface area contributed by atoms with Crippen molar-refractivity contribution in [3.8, 4) is 0 Å². The van der Waals surface area contributed by atoms with Gasteiger partial charge in [0.15, 0.2) is 0 Å². The van der Waals surface area contributed by atoms with Crippen molar-refractivity contribution in [2.24, 2.45) is 0 Å². The van der Waals surface area contributed by atoms with Crippen LogP contribution in [0.2, 0.25) is 0 Å². The van der Waals surface area contributed by atoms with Crippen molar-refractivity contribution in [3.05, 3.63) is 71.4 Å². The van der Waals surface area contributed by atoms with E-state index >= 15 is 0 Å². The first kappa shape index (κ1) is 16.3. The van der Waals surface area contributed by atoms with Crippen molar-refractivity contribution in [2.75, 3.05) is 0 Å². The quantitative estimate of drug-likeness (QED) is 0.743. The molecule has 1 N–H and O–H groups in total. The van der Waals surface area contributed by atoms with Crippen LogP contribution in [0.15, 0.2) is 54.6 Å². The average Bonchev–Trinajstić information content (AvgIpc) is 2.86. The topological polar surface area (TPSA) is 34.0 Å². The van der Waals surface area contributed by atoms with Crippen LogP contribution in [-0.2, 0) is 17.9 Å². The minimum atomic E-state index is 0.0398. The molecule has 0 saturated carbocycles. The first-order valence-electron chi connectivity index (χ1n) is 8.46. The van der Waals surface area contributed by atoms with Gasteiger partial charge < -0.3 is 9.88 Å². The van der Waals surface area contributed by atoms with Gasteiger partial charge in [-0.2, -0.15) is 0 Å². The van der Waals surface area contributed by atoms with Crippen molar-refractivity contribution < 1.29 is 4.79 Å². The van der Waals surface area contributed by atoms with Crippen LogP contribution >= 0.6 is 0 Å². The summed E-state index contributed by atoms with van der Waals surface area (Å²) >= 11 is 0. The second-order valence-electron chi connectivity index (χ2n) is 6.52. The number of aromatic nitrogens is 1. The molecule has 2 aromatic carbocycles. The first-order chi connectivity index (χ1) is 11.6. The zero-order valence-electron chi connectivity index (χ0n) is 14.5. The van der Waals surface area contributed by atoms with Gasteiger partial charge in [-0.1, -0.05) is 62.4 Å². The molecule has 24 heavy (non-hydrogen) atoms. The summed E-state index contributed by atoms with van der Waals surface area (Å²) in [4.78, 5) is 12.4. The molecule has 3 rings (SSSR count). The summed E-state index contributed by atoms with van der Waals surface area (Å²) in [5.74, 6) is 0.474. The second-order valence-corrected chi connectivity index (χ2v) is 6.52. The van der Waals surface area contributed by atoms with E-state index in [1.165, 1.54) is 16.6 Å². The molecule has 3 heteroatoms. The number of carbonyl (C=O) groups excluding carboxylic acids is 1. The molecule has 0 aliphatic rings. The molecule has 1 heterocycles. The monoisotopic (exact) mass is 320 g/mol. The van der Waals surface area contributed by atoms with Crippen LogP contribution in [0.1, 0.15) is 36.6 Å². The molecule has 1 amide bonds. The zero-order chi connectivity index (χ0) is 17.1. The van der Waals surface area contributed by atoms with Gasteiger partial charge in [-0.05, 0) is 30.0 Å². The molecule has 0 spiro atoms. The molecule has 3 aromatic rings. The van der Waals surface area contributed by atoms with Crippen LogP contribution in [0.5, 0.6) is 0 Å². The van der Waals surface area contributed by atoms with E-state index in [1.54, 1.807) is 0 Å². The van der Waals surface area contributed by atoms with E-state index in [2.05, 4.69) is 48.9 Å². The van der Waals surface area contributed by atoms with Gasteiger partial charge in [0.2, 0.25) is 5.91 Å². The summed E-state index contributed by atoms with van der Waals surface area (Å²) in [6, 6.07) is 18.3. The fourth-order valence-corrected chi connectivity index (χ4v) is 3.39.